The van der Waals surface area contributed by atoms with E-state index in [2.05, 4.69) is 24.0 Å². The molecule has 2 aliphatic heterocycles. The average Bonchev–Trinajstić information content (AvgIpc) is 2.22. The molecule has 0 radical (unpaired) electrons. The van der Waals surface area contributed by atoms with Crippen molar-refractivity contribution in [1.82, 2.24) is 5.01 Å². The standard InChI is InChI=1S/C8H14N2S/c1-7-9-10-6-4-3-5-8(10,2)11-7/h3-6H2,1-2H3. The molecule has 0 spiro atoms. The molecule has 0 bridgehead atoms. The number of thioether (sulfide) groups is 1. The Bertz CT molecular complexity index is 202. The molecular weight excluding hydrogens is 156 g/mol. The van der Waals surface area contributed by atoms with Crippen LogP contribution < -0.4 is 0 Å². The van der Waals surface area contributed by atoms with Crippen LogP contribution in [0.1, 0.15) is 33.1 Å². The van der Waals surface area contributed by atoms with Crippen LogP contribution in [0.4, 0.5) is 0 Å². The van der Waals surface area contributed by atoms with Crippen LogP contribution in [-0.2, 0) is 0 Å². The zero-order valence-corrected chi connectivity index (χ0v) is 7.95. The Morgan fingerprint density at radius 2 is 2.36 bits per heavy atom. The summed E-state index contributed by atoms with van der Waals surface area (Å²) in [5.41, 5.74) is 0. The second-order valence-electron chi connectivity index (χ2n) is 3.48. The predicted molar refractivity (Wildman–Crippen MR) is 49.7 cm³/mol. The van der Waals surface area contributed by atoms with E-state index in [9.17, 15) is 0 Å². The molecule has 2 rings (SSSR count). The van der Waals surface area contributed by atoms with Crippen LogP contribution in [0.5, 0.6) is 0 Å². The van der Waals surface area contributed by atoms with E-state index < -0.39 is 0 Å². The van der Waals surface area contributed by atoms with Crippen LogP contribution in [0.25, 0.3) is 0 Å². The normalized spacial score (nSPS) is 36.9. The van der Waals surface area contributed by atoms with E-state index in [1.54, 1.807) is 0 Å². The van der Waals surface area contributed by atoms with Gasteiger partial charge in [0.15, 0.2) is 0 Å². The molecule has 2 nitrogen and oxygen atoms in total. The first-order valence-electron chi connectivity index (χ1n) is 4.23. The summed E-state index contributed by atoms with van der Waals surface area (Å²) in [7, 11) is 0. The van der Waals surface area contributed by atoms with E-state index in [0.29, 0.717) is 4.87 Å². The smallest absolute Gasteiger partial charge is 0.106 e. The van der Waals surface area contributed by atoms with Crippen molar-refractivity contribution in [2.75, 3.05) is 6.54 Å². The summed E-state index contributed by atoms with van der Waals surface area (Å²) in [5, 5.41) is 7.99. The summed E-state index contributed by atoms with van der Waals surface area (Å²) in [6.45, 7) is 5.56. The van der Waals surface area contributed by atoms with Crippen LogP contribution in [-0.4, -0.2) is 21.5 Å². The van der Waals surface area contributed by atoms with Gasteiger partial charge in [0.05, 0.1) is 5.04 Å². The number of hydrogen-bond donors (Lipinski definition) is 0. The first-order valence-corrected chi connectivity index (χ1v) is 5.04. The minimum Gasteiger partial charge on any atom is -0.280 e. The van der Waals surface area contributed by atoms with Gasteiger partial charge in [-0.3, -0.25) is 5.01 Å². The Morgan fingerprint density at radius 1 is 1.55 bits per heavy atom. The highest BCUT2D eigenvalue weighted by molar-refractivity contribution is 8.15. The van der Waals surface area contributed by atoms with Crippen LogP contribution >= 0.6 is 11.8 Å². The van der Waals surface area contributed by atoms with E-state index in [0.717, 1.165) is 6.54 Å². The van der Waals surface area contributed by atoms with Crippen molar-refractivity contribution in [1.29, 1.82) is 0 Å². The van der Waals surface area contributed by atoms with E-state index in [1.165, 1.54) is 24.3 Å². The van der Waals surface area contributed by atoms with E-state index in [4.69, 9.17) is 0 Å². The van der Waals surface area contributed by atoms with Gasteiger partial charge in [-0.1, -0.05) is 11.8 Å². The number of fused-ring (bicyclic) bond motifs is 1. The molecule has 0 aromatic heterocycles. The van der Waals surface area contributed by atoms with Gasteiger partial charge in [-0.25, -0.2) is 0 Å². The van der Waals surface area contributed by atoms with Crippen molar-refractivity contribution in [3.8, 4) is 0 Å². The molecule has 0 N–H and O–H groups in total. The quantitative estimate of drug-likeness (QED) is 0.554. The van der Waals surface area contributed by atoms with Crippen molar-refractivity contribution in [3.05, 3.63) is 0 Å². The molecule has 2 heterocycles. The number of piperidine rings is 1. The molecule has 1 unspecified atom stereocenters. The summed E-state index contributed by atoms with van der Waals surface area (Å²) < 4.78 is 0. The van der Waals surface area contributed by atoms with Gasteiger partial charge in [-0.2, -0.15) is 5.10 Å². The third-order valence-electron chi connectivity index (χ3n) is 2.44. The largest absolute Gasteiger partial charge is 0.280 e. The van der Waals surface area contributed by atoms with Gasteiger partial charge in [0, 0.05) is 6.54 Å². The fraction of sp³-hybridized carbons (Fsp3) is 0.875. The highest BCUT2D eigenvalue weighted by Crippen LogP contribution is 2.43. The molecule has 0 saturated carbocycles. The topological polar surface area (TPSA) is 15.6 Å². The van der Waals surface area contributed by atoms with Crippen LogP contribution in [0.2, 0.25) is 0 Å². The Morgan fingerprint density at radius 3 is 3.09 bits per heavy atom. The predicted octanol–water partition coefficient (Wildman–Crippen LogP) is 2.27. The second kappa shape index (κ2) is 2.41. The molecule has 11 heavy (non-hydrogen) atoms. The van der Waals surface area contributed by atoms with Crippen molar-refractivity contribution >= 4 is 16.8 Å². The lowest BCUT2D eigenvalue weighted by Crippen LogP contribution is -2.40. The minimum absolute atomic E-state index is 0.308. The SMILES string of the molecule is CC1=NN2CCCCC2(C)S1. The summed E-state index contributed by atoms with van der Waals surface area (Å²) >= 11 is 1.93. The molecular formula is C8H14N2S. The van der Waals surface area contributed by atoms with Gasteiger partial charge in [0.25, 0.3) is 0 Å². The van der Waals surface area contributed by atoms with E-state index >= 15 is 0 Å². The first-order chi connectivity index (χ1) is 5.21. The maximum atomic E-state index is 4.50. The zero-order valence-electron chi connectivity index (χ0n) is 7.13. The molecule has 62 valence electrons. The van der Waals surface area contributed by atoms with Crippen LogP contribution in [0.3, 0.4) is 0 Å². The number of hydrazone groups is 1. The van der Waals surface area contributed by atoms with Gasteiger partial charge in [0.2, 0.25) is 0 Å². The van der Waals surface area contributed by atoms with Crippen molar-refractivity contribution < 1.29 is 0 Å². The lowest BCUT2D eigenvalue weighted by molar-refractivity contribution is 0.148. The zero-order chi connectivity index (χ0) is 7.90. The molecule has 1 saturated heterocycles. The average molecular weight is 170 g/mol. The molecule has 0 aromatic carbocycles. The molecule has 0 amide bonds. The molecule has 1 fully saturated rings. The van der Waals surface area contributed by atoms with E-state index in [1.807, 2.05) is 11.8 Å². The van der Waals surface area contributed by atoms with Gasteiger partial charge in [-0.05, 0) is 33.1 Å². The molecule has 0 aliphatic carbocycles. The maximum Gasteiger partial charge on any atom is 0.106 e. The summed E-state index contributed by atoms with van der Waals surface area (Å²) in [6, 6.07) is 0. The maximum absolute atomic E-state index is 4.50. The molecule has 0 aromatic rings. The lowest BCUT2D eigenvalue weighted by atomic mass is 10.1. The fourth-order valence-electron chi connectivity index (χ4n) is 1.85. The minimum atomic E-state index is 0.308. The number of hydrogen-bond acceptors (Lipinski definition) is 3. The van der Waals surface area contributed by atoms with E-state index in [-0.39, 0.29) is 0 Å². The summed E-state index contributed by atoms with van der Waals surface area (Å²) in [4.78, 5) is 0.308. The lowest BCUT2D eigenvalue weighted by Gasteiger charge is -2.37. The van der Waals surface area contributed by atoms with Crippen molar-refractivity contribution in [2.45, 2.75) is 38.0 Å². The second-order valence-corrected chi connectivity index (χ2v) is 5.15. The Labute approximate surface area is 72.0 Å². The number of nitrogens with zero attached hydrogens (tertiary/aromatic N) is 2. The van der Waals surface area contributed by atoms with Gasteiger partial charge < -0.3 is 0 Å². The van der Waals surface area contributed by atoms with Crippen LogP contribution in [0.15, 0.2) is 5.10 Å². The monoisotopic (exact) mass is 170 g/mol. The van der Waals surface area contributed by atoms with Gasteiger partial charge >= 0.3 is 0 Å². The Kier molecular flexibility index (Phi) is 1.63. The van der Waals surface area contributed by atoms with Gasteiger partial charge in [0.1, 0.15) is 4.87 Å². The third kappa shape index (κ3) is 1.15. The highest BCUT2D eigenvalue weighted by Gasteiger charge is 2.39. The third-order valence-corrected chi connectivity index (χ3v) is 3.67. The summed E-state index contributed by atoms with van der Waals surface area (Å²) in [5.74, 6) is 0. The Hall–Kier alpha value is -0.180. The molecule has 1 atom stereocenters. The summed E-state index contributed by atoms with van der Waals surface area (Å²) in [6.07, 6.45) is 3.97. The Balaban J connectivity index is 2.18. The van der Waals surface area contributed by atoms with Crippen LogP contribution in [0, 0.1) is 0 Å². The first kappa shape index (κ1) is 7.47. The van der Waals surface area contributed by atoms with Gasteiger partial charge in [-0.15, -0.1) is 0 Å². The highest BCUT2D eigenvalue weighted by atomic mass is 32.2. The molecule has 2 aliphatic rings. The number of rotatable bonds is 0. The molecule has 3 heteroatoms. The fourth-order valence-corrected chi connectivity index (χ4v) is 3.11. The van der Waals surface area contributed by atoms with Crippen molar-refractivity contribution in [2.24, 2.45) is 5.10 Å². The van der Waals surface area contributed by atoms with Crippen molar-refractivity contribution in [3.63, 3.8) is 0 Å².